The molecule has 1 aromatic heterocycles. The van der Waals surface area contributed by atoms with Crippen LogP contribution in [-0.2, 0) is 11.8 Å². The van der Waals surface area contributed by atoms with Crippen LogP contribution in [0.25, 0.3) is 0 Å². The molecular weight excluding hydrogens is 324 g/mol. The van der Waals surface area contributed by atoms with Gasteiger partial charge in [-0.3, -0.25) is 14.4 Å². The lowest BCUT2D eigenvalue weighted by Gasteiger charge is -2.32. The monoisotopic (exact) mass is 354 g/mol. The van der Waals surface area contributed by atoms with Gasteiger partial charge in [0.1, 0.15) is 0 Å². The molecule has 3 rings (SSSR count). The highest BCUT2D eigenvalue weighted by atomic mass is 16.2. The predicted molar refractivity (Wildman–Crippen MR) is 104 cm³/mol. The third kappa shape index (κ3) is 4.15. The average molecular weight is 354 g/mol. The van der Waals surface area contributed by atoms with Crippen LogP contribution in [0, 0.1) is 13.8 Å². The number of rotatable bonds is 5. The second-order valence-corrected chi connectivity index (χ2v) is 7.46. The first-order valence-corrected chi connectivity index (χ1v) is 9.52. The summed E-state index contributed by atoms with van der Waals surface area (Å²) in [6.45, 7) is 8.52. The fourth-order valence-electron chi connectivity index (χ4n) is 4.13. The van der Waals surface area contributed by atoms with Gasteiger partial charge in [-0.05, 0) is 58.2 Å². The Balaban J connectivity index is 1.50. The number of likely N-dealkylation sites (tertiary alicyclic amines) is 1. The summed E-state index contributed by atoms with van der Waals surface area (Å²) in [6.07, 6.45) is 2.24. The van der Waals surface area contributed by atoms with Crippen molar-refractivity contribution in [3.05, 3.63) is 52.8 Å². The molecule has 0 spiro atoms. The van der Waals surface area contributed by atoms with E-state index in [1.54, 1.807) is 0 Å². The van der Waals surface area contributed by atoms with E-state index in [1.165, 1.54) is 5.56 Å². The number of aromatic nitrogens is 2. The maximum Gasteiger partial charge on any atom is 0.234 e. The molecule has 2 heterocycles. The summed E-state index contributed by atoms with van der Waals surface area (Å²) in [5.74, 6) is 0.716. The summed E-state index contributed by atoms with van der Waals surface area (Å²) in [6, 6.07) is 10.7. The van der Waals surface area contributed by atoms with Crippen LogP contribution in [0.3, 0.4) is 0 Å². The van der Waals surface area contributed by atoms with Gasteiger partial charge < -0.3 is 5.32 Å². The van der Waals surface area contributed by atoms with Gasteiger partial charge in [0.25, 0.3) is 0 Å². The Morgan fingerprint density at radius 1 is 1.23 bits per heavy atom. The molecule has 140 valence electrons. The maximum atomic E-state index is 12.5. The number of benzene rings is 1. The first kappa shape index (κ1) is 18.6. The SMILES string of the molecule is Cc1nn(C)c(C)c1[C@@H](C)NC(=O)CN1CCC(c2ccccc2)CC1. The van der Waals surface area contributed by atoms with Gasteiger partial charge in [-0.25, -0.2) is 0 Å². The first-order chi connectivity index (χ1) is 12.5. The van der Waals surface area contributed by atoms with Crippen LogP contribution >= 0.6 is 0 Å². The second kappa shape index (κ2) is 8.04. The fourth-order valence-corrected chi connectivity index (χ4v) is 4.13. The molecule has 5 heteroatoms. The van der Waals surface area contributed by atoms with Gasteiger partial charge in [0.2, 0.25) is 5.91 Å². The standard InChI is InChI=1S/C21H30N4O/c1-15(21-16(2)23-24(4)17(21)3)22-20(26)14-25-12-10-19(11-13-25)18-8-6-5-7-9-18/h5-9,15,19H,10-14H2,1-4H3,(H,22,26)/t15-/m1/s1. The number of nitrogens with zero attached hydrogens (tertiary/aromatic N) is 3. The van der Waals surface area contributed by atoms with Crippen LogP contribution in [0.1, 0.15) is 54.2 Å². The van der Waals surface area contributed by atoms with Crippen molar-refractivity contribution >= 4 is 5.91 Å². The molecule has 1 aromatic carbocycles. The Bertz CT molecular complexity index is 745. The molecule has 2 aromatic rings. The first-order valence-electron chi connectivity index (χ1n) is 9.52. The predicted octanol–water partition coefficient (Wildman–Crippen LogP) is 3.09. The van der Waals surface area contributed by atoms with E-state index >= 15 is 0 Å². The number of carbonyl (C=O) groups is 1. The molecule has 0 aliphatic carbocycles. The molecule has 1 fully saturated rings. The topological polar surface area (TPSA) is 50.2 Å². The highest BCUT2D eigenvalue weighted by molar-refractivity contribution is 5.78. The minimum atomic E-state index is -0.0157. The number of nitrogens with one attached hydrogen (secondary N) is 1. The highest BCUT2D eigenvalue weighted by Crippen LogP contribution is 2.27. The Kier molecular flexibility index (Phi) is 5.77. The van der Waals surface area contributed by atoms with Crippen LogP contribution in [0.4, 0.5) is 0 Å². The lowest BCUT2D eigenvalue weighted by atomic mass is 9.89. The molecule has 5 nitrogen and oxygen atoms in total. The summed E-state index contributed by atoms with van der Waals surface area (Å²) in [4.78, 5) is 14.8. The Labute approximate surface area is 156 Å². The van der Waals surface area contributed by atoms with E-state index in [2.05, 4.69) is 45.6 Å². The number of carbonyl (C=O) groups excluding carboxylic acids is 1. The molecule has 0 unspecified atom stereocenters. The molecule has 1 amide bonds. The normalized spacial score (nSPS) is 17.2. The molecule has 0 saturated carbocycles. The van der Waals surface area contributed by atoms with Crippen LogP contribution < -0.4 is 5.32 Å². The van der Waals surface area contributed by atoms with E-state index in [-0.39, 0.29) is 11.9 Å². The highest BCUT2D eigenvalue weighted by Gasteiger charge is 2.23. The van der Waals surface area contributed by atoms with Crippen molar-refractivity contribution in [3.63, 3.8) is 0 Å². The minimum absolute atomic E-state index is 0.0157. The van der Waals surface area contributed by atoms with Gasteiger partial charge in [0, 0.05) is 18.3 Å². The molecule has 0 radical (unpaired) electrons. The molecule has 1 N–H and O–H groups in total. The lowest BCUT2D eigenvalue weighted by Crippen LogP contribution is -2.41. The lowest BCUT2D eigenvalue weighted by molar-refractivity contribution is -0.123. The van der Waals surface area contributed by atoms with Crippen molar-refractivity contribution in [3.8, 4) is 0 Å². The summed E-state index contributed by atoms with van der Waals surface area (Å²) in [5, 5.41) is 7.59. The Hall–Kier alpha value is -2.14. The number of aryl methyl sites for hydroxylation is 2. The summed E-state index contributed by atoms with van der Waals surface area (Å²) in [5.41, 5.74) is 4.65. The number of piperidine rings is 1. The van der Waals surface area contributed by atoms with Crippen LogP contribution in [-0.4, -0.2) is 40.2 Å². The maximum absolute atomic E-state index is 12.5. The van der Waals surface area contributed by atoms with Crippen LogP contribution in [0.15, 0.2) is 30.3 Å². The largest absolute Gasteiger partial charge is 0.348 e. The van der Waals surface area contributed by atoms with E-state index in [1.807, 2.05) is 32.5 Å². The van der Waals surface area contributed by atoms with Crippen molar-refractivity contribution in [2.45, 2.75) is 45.6 Å². The van der Waals surface area contributed by atoms with Crippen LogP contribution in [0.5, 0.6) is 0 Å². The van der Waals surface area contributed by atoms with E-state index in [9.17, 15) is 4.79 Å². The minimum Gasteiger partial charge on any atom is -0.348 e. The van der Waals surface area contributed by atoms with Crippen molar-refractivity contribution in [1.29, 1.82) is 0 Å². The summed E-state index contributed by atoms with van der Waals surface area (Å²) in [7, 11) is 1.94. The van der Waals surface area contributed by atoms with Crippen molar-refractivity contribution < 1.29 is 4.79 Å². The van der Waals surface area contributed by atoms with Gasteiger partial charge in [0.15, 0.2) is 0 Å². The summed E-state index contributed by atoms with van der Waals surface area (Å²) < 4.78 is 1.88. The molecule has 26 heavy (non-hydrogen) atoms. The molecule has 1 saturated heterocycles. The number of hydrogen-bond donors (Lipinski definition) is 1. The third-order valence-electron chi connectivity index (χ3n) is 5.60. The van der Waals surface area contributed by atoms with Gasteiger partial charge in [-0.15, -0.1) is 0 Å². The van der Waals surface area contributed by atoms with E-state index in [0.717, 1.165) is 42.9 Å². The number of amides is 1. The Morgan fingerprint density at radius 3 is 2.46 bits per heavy atom. The van der Waals surface area contributed by atoms with Gasteiger partial charge in [0.05, 0.1) is 18.3 Å². The third-order valence-corrected chi connectivity index (χ3v) is 5.60. The second-order valence-electron chi connectivity index (χ2n) is 7.46. The van der Waals surface area contributed by atoms with Crippen molar-refractivity contribution in [1.82, 2.24) is 20.0 Å². The zero-order chi connectivity index (χ0) is 18.7. The molecular formula is C21H30N4O. The number of hydrogen-bond acceptors (Lipinski definition) is 3. The molecule has 1 aliphatic heterocycles. The zero-order valence-electron chi connectivity index (χ0n) is 16.3. The van der Waals surface area contributed by atoms with Gasteiger partial charge in [-0.1, -0.05) is 30.3 Å². The molecule has 0 bridgehead atoms. The zero-order valence-corrected chi connectivity index (χ0v) is 16.3. The van der Waals surface area contributed by atoms with E-state index < -0.39 is 0 Å². The van der Waals surface area contributed by atoms with E-state index in [0.29, 0.717) is 12.5 Å². The fraction of sp³-hybridized carbons (Fsp3) is 0.524. The molecule has 1 aliphatic rings. The average Bonchev–Trinajstić information content (AvgIpc) is 2.88. The van der Waals surface area contributed by atoms with E-state index in [4.69, 9.17) is 0 Å². The Morgan fingerprint density at radius 2 is 1.88 bits per heavy atom. The molecule has 1 atom stereocenters. The van der Waals surface area contributed by atoms with Gasteiger partial charge >= 0.3 is 0 Å². The van der Waals surface area contributed by atoms with Crippen molar-refractivity contribution in [2.24, 2.45) is 7.05 Å². The van der Waals surface area contributed by atoms with Crippen LogP contribution in [0.2, 0.25) is 0 Å². The summed E-state index contributed by atoms with van der Waals surface area (Å²) >= 11 is 0. The quantitative estimate of drug-likeness (QED) is 0.898. The van der Waals surface area contributed by atoms with Gasteiger partial charge in [-0.2, -0.15) is 5.10 Å². The van der Waals surface area contributed by atoms with Crippen molar-refractivity contribution in [2.75, 3.05) is 19.6 Å². The smallest absolute Gasteiger partial charge is 0.234 e.